The molecule has 9 heteroatoms. The molecule has 1 aliphatic rings. The largest absolute Gasteiger partial charge is 0.394 e. The fourth-order valence-corrected chi connectivity index (χ4v) is 6.84. The fraction of sp³-hybridized carbons (Fsp3) is 0.929. The summed E-state index contributed by atoms with van der Waals surface area (Å²) in [7, 11) is 0. The van der Waals surface area contributed by atoms with Crippen molar-refractivity contribution >= 4 is 5.78 Å². The number of aliphatic hydroxyl groups excluding tert-OH is 6. The zero-order chi connectivity index (χ0) is 37.9. The Morgan fingerprint density at radius 1 is 0.686 bits per heavy atom. The van der Waals surface area contributed by atoms with Crippen molar-refractivity contribution in [3.8, 4) is 0 Å². The smallest absolute Gasteiger partial charge is 0.186 e. The van der Waals surface area contributed by atoms with E-state index in [2.05, 4.69) is 27.7 Å². The molecule has 0 amide bonds. The number of Topliss-reactive ketones (excluding diaryl/α,β-unsaturated/α-hetero) is 1. The molecule has 1 heterocycles. The number of carbonyl (C=O) groups is 1. The maximum atomic E-state index is 13.4. The van der Waals surface area contributed by atoms with E-state index in [9.17, 15) is 35.4 Å². The van der Waals surface area contributed by atoms with Crippen LogP contribution in [-0.2, 0) is 14.3 Å². The SMILES string of the molecule is CCC(C)CCCCCCCCCCC[C@@H](O)C(=O)[C@@H](CO[C@@H]1O[C@H](CO)[C@H](O)[C@H](O)[C@H]1O)[C@H](O)/C=C/CCCCCCCCCCCC(C)C. The maximum absolute atomic E-state index is 13.4. The molecule has 0 aromatic carbocycles. The van der Waals surface area contributed by atoms with E-state index in [-0.39, 0.29) is 6.61 Å². The first-order chi connectivity index (χ1) is 24.5. The second-order valence-electron chi connectivity index (χ2n) is 15.9. The van der Waals surface area contributed by atoms with Crippen LogP contribution in [0.4, 0.5) is 0 Å². The maximum Gasteiger partial charge on any atom is 0.186 e. The number of aliphatic hydroxyl groups is 6. The van der Waals surface area contributed by atoms with Crippen LogP contribution in [0.15, 0.2) is 12.2 Å². The molecule has 1 rings (SSSR count). The van der Waals surface area contributed by atoms with Gasteiger partial charge in [-0.1, -0.05) is 168 Å². The Morgan fingerprint density at radius 3 is 1.69 bits per heavy atom. The third kappa shape index (κ3) is 22.2. The molecule has 1 saturated heterocycles. The standard InChI is InChI=1S/C42H80O9/c1-5-33(4)27-23-19-15-11-9-13-17-21-25-29-36(45)38(46)34(31-50-42-41(49)40(48)39(47)37(30-43)51-42)35(44)28-24-20-16-12-8-6-7-10-14-18-22-26-32(2)3/h24,28,32-37,39-45,47-49H,5-23,25-27,29-31H2,1-4H3/b28-24+/t33?,34-,35+,36+,37+,39-,40-,41+,42+/m0/s1. The molecule has 0 aliphatic carbocycles. The Kier molecular flexibility index (Phi) is 28.7. The van der Waals surface area contributed by atoms with Gasteiger partial charge in [0.25, 0.3) is 0 Å². The molecule has 0 spiro atoms. The third-order valence-electron chi connectivity index (χ3n) is 10.8. The van der Waals surface area contributed by atoms with Crippen molar-refractivity contribution in [3.63, 3.8) is 0 Å². The predicted octanol–water partition coefficient (Wildman–Crippen LogP) is 7.55. The van der Waals surface area contributed by atoms with Crippen molar-refractivity contribution in [1.29, 1.82) is 0 Å². The lowest BCUT2D eigenvalue weighted by Crippen LogP contribution is -2.59. The lowest BCUT2D eigenvalue weighted by Gasteiger charge is -2.40. The second kappa shape index (κ2) is 30.4. The number of carbonyl (C=O) groups excluding carboxylic acids is 1. The molecular formula is C42H80O9. The van der Waals surface area contributed by atoms with Gasteiger partial charge in [-0.05, 0) is 31.1 Å². The summed E-state index contributed by atoms with van der Waals surface area (Å²) in [4.78, 5) is 13.4. The van der Waals surface area contributed by atoms with E-state index in [0.29, 0.717) is 12.8 Å². The first kappa shape index (κ1) is 48.1. The van der Waals surface area contributed by atoms with Gasteiger partial charge >= 0.3 is 0 Å². The highest BCUT2D eigenvalue weighted by atomic mass is 16.7. The minimum Gasteiger partial charge on any atom is -0.394 e. The number of allylic oxidation sites excluding steroid dienone is 1. The van der Waals surface area contributed by atoms with Gasteiger partial charge in [-0.15, -0.1) is 0 Å². The minimum atomic E-state index is -1.62. The molecule has 1 aliphatic heterocycles. The summed E-state index contributed by atoms with van der Waals surface area (Å²) in [5.41, 5.74) is 0. The van der Waals surface area contributed by atoms with E-state index >= 15 is 0 Å². The lowest BCUT2D eigenvalue weighted by molar-refractivity contribution is -0.303. The highest BCUT2D eigenvalue weighted by Gasteiger charge is 2.44. The van der Waals surface area contributed by atoms with E-state index in [0.717, 1.165) is 50.4 Å². The number of ketones is 1. The molecule has 302 valence electrons. The molecule has 6 N–H and O–H groups in total. The van der Waals surface area contributed by atoms with Crippen molar-refractivity contribution in [2.24, 2.45) is 17.8 Å². The second-order valence-corrected chi connectivity index (χ2v) is 15.9. The summed E-state index contributed by atoms with van der Waals surface area (Å²) in [6.07, 6.45) is 19.8. The summed E-state index contributed by atoms with van der Waals surface area (Å²) in [5.74, 6) is -0.0464. The van der Waals surface area contributed by atoms with Gasteiger partial charge in [0.1, 0.15) is 30.5 Å². The molecule has 9 atom stereocenters. The first-order valence-electron chi connectivity index (χ1n) is 21.0. The van der Waals surface area contributed by atoms with Gasteiger partial charge in [0.15, 0.2) is 12.1 Å². The molecule has 9 nitrogen and oxygen atoms in total. The number of unbranched alkanes of at least 4 members (excludes halogenated alkanes) is 17. The number of hydrogen-bond acceptors (Lipinski definition) is 9. The highest BCUT2D eigenvalue weighted by molar-refractivity contribution is 5.86. The molecule has 1 fully saturated rings. The molecule has 1 unspecified atom stereocenters. The lowest BCUT2D eigenvalue weighted by atomic mass is 9.91. The molecule has 0 bridgehead atoms. The summed E-state index contributed by atoms with van der Waals surface area (Å²) in [6.45, 7) is 8.16. The molecule has 0 radical (unpaired) electrons. The van der Waals surface area contributed by atoms with Crippen molar-refractivity contribution < 1.29 is 44.9 Å². The van der Waals surface area contributed by atoms with Crippen LogP contribution in [0.5, 0.6) is 0 Å². The quantitative estimate of drug-likeness (QED) is 0.0297. The monoisotopic (exact) mass is 729 g/mol. The van der Waals surface area contributed by atoms with E-state index in [1.54, 1.807) is 6.08 Å². The van der Waals surface area contributed by atoms with Crippen LogP contribution in [0.25, 0.3) is 0 Å². The Bertz CT molecular complexity index is 850. The Morgan fingerprint density at radius 2 is 1.18 bits per heavy atom. The number of hydrogen-bond donors (Lipinski definition) is 6. The highest BCUT2D eigenvalue weighted by Crippen LogP contribution is 2.24. The van der Waals surface area contributed by atoms with E-state index in [1.807, 2.05) is 6.08 Å². The average Bonchev–Trinajstić information content (AvgIpc) is 3.11. The molecule has 51 heavy (non-hydrogen) atoms. The van der Waals surface area contributed by atoms with Crippen molar-refractivity contribution in [2.45, 2.75) is 218 Å². The average molecular weight is 729 g/mol. The van der Waals surface area contributed by atoms with Gasteiger partial charge in [0.2, 0.25) is 0 Å². The molecule has 0 aromatic heterocycles. The molecular weight excluding hydrogens is 648 g/mol. The molecule has 0 aromatic rings. The zero-order valence-corrected chi connectivity index (χ0v) is 33.0. The van der Waals surface area contributed by atoms with Crippen LogP contribution < -0.4 is 0 Å². The first-order valence-corrected chi connectivity index (χ1v) is 21.0. The Balaban J connectivity index is 2.52. The van der Waals surface area contributed by atoms with Crippen LogP contribution in [0.1, 0.15) is 175 Å². The van der Waals surface area contributed by atoms with Crippen LogP contribution in [0.2, 0.25) is 0 Å². The number of ether oxygens (including phenoxy) is 2. The summed E-state index contributed by atoms with van der Waals surface area (Å²) < 4.78 is 11.1. The van der Waals surface area contributed by atoms with Crippen LogP contribution >= 0.6 is 0 Å². The van der Waals surface area contributed by atoms with Gasteiger partial charge in [-0.2, -0.15) is 0 Å². The van der Waals surface area contributed by atoms with Crippen LogP contribution in [-0.4, -0.2) is 92.5 Å². The van der Waals surface area contributed by atoms with Gasteiger partial charge < -0.3 is 40.1 Å². The van der Waals surface area contributed by atoms with Gasteiger partial charge in [0, 0.05) is 0 Å². The number of rotatable bonds is 33. The minimum absolute atomic E-state index is 0.291. The van der Waals surface area contributed by atoms with Crippen LogP contribution in [0.3, 0.4) is 0 Å². The van der Waals surface area contributed by atoms with Crippen molar-refractivity contribution in [1.82, 2.24) is 0 Å². The summed E-state index contributed by atoms with van der Waals surface area (Å²) in [5, 5.41) is 62.0. The van der Waals surface area contributed by atoms with Gasteiger partial charge in [0.05, 0.1) is 25.2 Å². The Hall–Kier alpha value is -0.910. The van der Waals surface area contributed by atoms with Gasteiger partial charge in [-0.3, -0.25) is 4.79 Å². The summed E-state index contributed by atoms with van der Waals surface area (Å²) >= 11 is 0. The van der Waals surface area contributed by atoms with Crippen molar-refractivity contribution in [3.05, 3.63) is 12.2 Å². The zero-order valence-electron chi connectivity index (χ0n) is 33.0. The normalized spacial score (nSPS) is 23.5. The topological polar surface area (TPSA) is 157 Å². The predicted molar refractivity (Wildman–Crippen MR) is 205 cm³/mol. The third-order valence-corrected chi connectivity index (χ3v) is 10.8. The van der Waals surface area contributed by atoms with E-state index < -0.39 is 61.2 Å². The Labute approximate surface area is 311 Å². The van der Waals surface area contributed by atoms with E-state index in [1.165, 1.54) is 96.3 Å². The molecule has 0 saturated carbocycles. The fourth-order valence-electron chi connectivity index (χ4n) is 6.84. The summed E-state index contributed by atoms with van der Waals surface area (Å²) in [6, 6.07) is 0. The van der Waals surface area contributed by atoms with Gasteiger partial charge in [-0.25, -0.2) is 0 Å². The van der Waals surface area contributed by atoms with Crippen LogP contribution in [0, 0.1) is 17.8 Å². The van der Waals surface area contributed by atoms with Crippen molar-refractivity contribution in [2.75, 3.05) is 13.2 Å². The van der Waals surface area contributed by atoms with E-state index in [4.69, 9.17) is 9.47 Å².